The highest BCUT2D eigenvalue weighted by atomic mass is 35.5. The van der Waals surface area contributed by atoms with Crippen molar-refractivity contribution in [2.24, 2.45) is 0 Å². The average molecular weight is 415 g/mol. The lowest BCUT2D eigenvalue weighted by Gasteiger charge is -2.27. The number of hydrogen-bond acceptors (Lipinski definition) is 6. The minimum Gasteiger partial charge on any atom is -0.490 e. The number of hydrogen-bond donors (Lipinski definition) is 2. The molecule has 2 N–H and O–H groups in total. The molecule has 0 aliphatic carbocycles. The van der Waals surface area contributed by atoms with Gasteiger partial charge in [0.15, 0.2) is 0 Å². The van der Waals surface area contributed by atoms with Gasteiger partial charge in [0, 0.05) is 47.3 Å². The molecule has 7 heteroatoms. The lowest BCUT2D eigenvalue weighted by atomic mass is 10.2. The highest BCUT2D eigenvalue weighted by Crippen LogP contribution is 2.33. The fourth-order valence-electron chi connectivity index (χ4n) is 3.20. The van der Waals surface area contributed by atoms with Crippen molar-refractivity contribution in [1.82, 2.24) is 9.71 Å². The lowest BCUT2D eigenvalue weighted by molar-refractivity contribution is 0.310. The molecule has 1 aliphatic rings. The van der Waals surface area contributed by atoms with Crippen molar-refractivity contribution in [2.45, 2.75) is 11.3 Å². The highest BCUT2D eigenvalue weighted by molar-refractivity contribution is 7.97. The second kappa shape index (κ2) is 8.90. The number of aromatic nitrogens is 1. The normalized spacial score (nSPS) is 13.3. The Labute approximate surface area is 174 Å². The number of halogens is 1. The van der Waals surface area contributed by atoms with Crippen molar-refractivity contribution < 1.29 is 4.74 Å². The molecule has 0 fully saturated rings. The Morgan fingerprint density at radius 3 is 3.04 bits per heavy atom. The van der Waals surface area contributed by atoms with Gasteiger partial charge in [-0.2, -0.15) is 0 Å². The summed E-state index contributed by atoms with van der Waals surface area (Å²) in [5.41, 5.74) is 3.15. The molecule has 0 saturated heterocycles. The van der Waals surface area contributed by atoms with E-state index in [4.69, 9.17) is 16.3 Å². The van der Waals surface area contributed by atoms with Gasteiger partial charge < -0.3 is 15.0 Å². The number of nitrogens with zero attached hydrogens (tertiary/aromatic N) is 2. The predicted octanol–water partition coefficient (Wildman–Crippen LogP) is 4.82. The van der Waals surface area contributed by atoms with Gasteiger partial charge in [0.2, 0.25) is 0 Å². The Hall–Kier alpha value is -2.15. The zero-order chi connectivity index (χ0) is 19.3. The molecule has 0 unspecified atom stereocenters. The molecule has 146 valence electrons. The van der Waals surface area contributed by atoms with E-state index in [2.05, 4.69) is 45.2 Å². The molecular formula is C21H23ClN4OS. The van der Waals surface area contributed by atoms with Gasteiger partial charge in [0.25, 0.3) is 0 Å². The summed E-state index contributed by atoms with van der Waals surface area (Å²) in [7, 11) is 2.10. The third-order valence-corrected chi connectivity index (χ3v) is 5.77. The van der Waals surface area contributed by atoms with Crippen LogP contribution in [0.2, 0.25) is 5.02 Å². The van der Waals surface area contributed by atoms with Crippen molar-refractivity contribution in [3.63, 3.8) is 0 Å². The quantitative estimate of drug-likeness (QED) is 0.427. The summed E-state index contributed by atoms with van der Waals surface area (Å²) in [6, 6.07) is 14.2. The number of pyridine rings is 1. The van der Waals surface area contributed by atoms with Crippen LogP contribution in [-0.2, 0) is 0 Å². The van der Waals surface area contributed by atoms with Crippen molar-refractivity contribution in [1.29, 1.82) is 0 Å². The summed E-state index contributed by atoms with van der Waals surface area (Å²) in [6.07, 6.45) is 2.82. The van der Waals surface area contributed by atoms with E-state index in [1.807, 2.05) is 30.5 Å². The van der Waals surface area contributed by atoms with E-state index in [9.17, 15) is 0 Å². The molecule has 0 amide bonds. The molecule has 1 aromatic heterocycles. The Balaban J connectivity index is 1.24. The van der Waals surface area contributed by atoms with Crippen LogP contribution < -0.4 is 19.7 Å². The largest absolute Gasteiger partial charge is 0.490 e. The number of ether oxygens (including phenoxy) is 1. The molecule has 0 atom stereocenters. The van der Waals surface area contributed by atoms with Crippen molar-refractivity contribution in [2.75, 3.05) is 43.5 Å². The molecule has 2 heterocycles. The van der Waals surface area contributed by atoms with Crippen LogP contribution in [0.25, 0.3) is 10.9 Å². The van der Waals surface area contributed by atoms with Gasteiger partial charge >= 0.3 is 0 Å². The summed E-state index contributed by atoms with van der Waals surface area (Å²) in [5.74, 6) is 0.965. The zero-order valence-electron chi connectivity index (χ0n) is 15.7. The molecule has 2 aromatic carbocycles. The maximum atomic E-state index is 6.05. The van der Waals surface area contributed by atoms with Crippen molar-refractivity contribution in [3.05, 3.63) is 53.7 Å². The Morgan fingerprint density at radius 1 is 1.18 bits per heavy atom. The highest BCUT2D eigenvalue weighted by Gasteiger charge is 2.14. The van der Waals surface area contributed by atoms with E-state index in [0.717, 1.165) is 60.7 Å². The molecule has 5 nitrogen and oxygen atoms in total. The molecule has 0 spiro atoms. The third-order valence-electron chi connectivity index (χ3n) is 4.69. The van der Waals surface area contributed by atoms with Crippen LogP contribution in [0.5, 0.6) is 5.75 Å². The van der Waals surface area contributed by atoms with Crippen LogP contribution in [0, 0.1) is 0 Å². The Bertz CT molecular complexity index is 968. The first-order chi connectivity index (χ1) is 13.7. The molecule has 0 saturated carbocycles. The Morgan fingerprint density at radius 2 is 2.11 bits per heavy atom. The molecule has 3 aromatic rings. The standard InChI is InChI=1S/C21H23ClN4OS/c1-26-11-12-27-21-14-16(4-6-20(21)26)28-25-9-2-8-23-18-7-10-24-19-13-15(22)3-5-17(18)19/h3-7,10,13-14,25H,2,8-9,11-12H2,1H3,(H,23,24). The van der Waals surface area contributed by atoms with Crippen molar-refractivity contribution >= 4 is 45.8 Å². The smallest absolute Gasteiger partial charge is 0.143 e. The maximum Gasteiger partial charge on any atom is 0.143 e. The number of likely N-dealkylation sites (N-methyl/N-ethyl adjacent to an activating group) is 1. The van der Waals surface area contributed by atoms with Crippen LogP contribution in [-0.4, -0.2) is 38.3 Å². The maximum absolute atomic E-state index is 6.05. The van der Waals surface area contributed by atoms with E-state index in [1.54, 1.807) is 11.9 Å². The molecule has 1 aliphatic heterocycles. The first kappa shape index (κ1) is 19.2. The van der Waals surface area contributed by atoms with Crippen LogP contribution >= 0.6 is 23.5 Å². The zero-order valence-corrected chi connectivity index (χ0v) is 17.3. The molecule has 0 bridgehead atoms. The predicted molar refractivity (Wildman–Crippen MR) is 119 cm³/mol. The van der Waals surface area contributed by atoms with Gasteiger partial charge in [-0.15, -0.1) is 0 Å². The second-order valence-electron chi connectivity index (χ2n) is 6.70. The molecular weight excluding hydrogens is 392 g/mol. The number of anilines is 2. The van der Waals surface area contributed by atoms with Crippen LogP contribution in [0.3, 0.4) is 0 Å². The second-order valence-corrected chi connectivity index (χ2v) is 8.10. The SMILES string of the molecule is CN1CCOc2cc(SNCCCNc3ccnc4cc(Cl)ccc34)ccc21. The van der Waals surface area contributed by atoms with Gasteiger partial charge in [-0.1, -0.05) is 11.6 Å². The average Bonchev–Trinajstić information content (AvgIpc) is 2.70. The van der Waals surface area contributed by atoms with E-state index in [-0.39, 0.29) is 0 Å². The summed E-state index contributed by atoms with van der Waals surface area (Å²) < 4.78 is 9.19. The van der Waals surface area contributed by atoms with Crippen LogP contribution in [0.4, 0.5) is 11.4 Å². The van der Waals surface area contributed by atoms with Gasteiger partial charge in [-0.05, 0) is 60.8 Å². The first-order valence-electron chi connectivity index (χ1n) is 9.36. The molecule has 0 radical (unpaired) electrons. The summed E-state index contributed by atoms with van der Waals surface area (Å²) >= 11 is 7.69. The van der Waals surface area contributed by atoms with Gasteiger partial charge in [0.05, 0.1) is 17.7 Å². The van der Waals surface area contributed by atoms with E-state index in [1.165, 1.54) is 4.90 Å². The lowest BCUT2D eigenvalue weighted by Crippen LogP contribution is -2.28. The van der Waals surface area contributed by atoms with Gasteiger partial charge in [-0.3, -0.25) is 9.71 Å². The van der Waals surface area contributed by atoms with E-state index < -0.39 is 0 Å². The van der Waals surface area contributed by atoms with Gasteiger partial charge in [-0.25, -0.2) is 0 Å². The molecule has 4 rings (SSSR count). The van der Waals surface area contributed by atoms with E-state index in [0.29, 0.717) is 5.02 Å². The van der Waals surface area contributed by atoms with Crippen LogP contribution in [0.1, 0.15) is 6.42 Å². The minimum absolute atomic E-state index is 0.706. The summed E-state index contributed by atoms with van der Waals surface area (Å²) in [5, 5.41) is 5.29. The first-order valence-corrected chi connectivity index (χ1v) is 10.6. The topological polar surface area (TPSA) is 49.4 Å². The number of rotatable bonds is 7. The summed E-state index contributed by atoms with van der Waals surface area (Å²) in [4.78, 5) is 7.77. The fraction of sp³-hybridized carbons (Fsp3) is 0.286. The Kier molecular flexibility index (Phi) is 6.10. The van der Waals surface area contributed by atoms with Crippen molar-refractivity contribution in [3.8, 4) is 5.75 Å². The van der Waals surface area contributed by atoms with Gasteiger partial charge in [0.1, 0.15) is 12.4 Å². The minimum atomic E-state index is 0.706. The van der Waals surface area contributed by atoms with Crippen LogP contribution in [0.15, 0.2) is 53.6 Å². The third kappa shape index (κ3) is 4.46. The monoisotopic (exact) mass is 414 g/mol. The molecule has 28 heavy (non-hydrogen) atoms. The number of nitrogens with one attached hydrogen (secondary N) is 2. The van der Waals surface area contributed by atoms with E-state index >= 15 is 0 Å². The number of benzene rings is 2. The summed E-state index contributed by atoms with van der Waals surface area (Å²) in [6.45, 7) is 3.47. The number of fused-ring (bicyclic) bond motifs is 2. The fourth-order valence-corrected chi connectivity index (χ4v) is 4.08.